The SMILES string of the molecule is CN(c1ccccc1I)S(C)(=O)=O. The van der Waals surface area contributed by atoms with Gasteiger partial charge in [0, 0.05) is 10.6 Å². The van der Waals surface area contributed by atoms with Crippen LogP contribution in [0.3, 0.4) is 0 Å². The maximum atomic E-state index is 11.2. The first-order valence-electron chi connectivity index (χ1n) is 3.61. The molecule has 0 aliphatic rings. The summed E-state index contributed by atoms with van der Waals surface area (Å²) in [6, 6.07) is 7.35. The highest BCUT2D eigenvalue weighted by Gasteiger charge is 2.13. The monoisotopic (exact) mass is 311 g/mol. The largest absolute Gasteiger partial charge is 0.272 e. The second kappa shape index (κ2) is 3.83. The third kappa shape index (κ3) is 2.57. The van der Waals surface area contributed by atoms with Crippen molar-refractivity contribution in [2.75, 3.05) is 17.6 Å². The van der Waals surface area contributed by atoms with Crippen molar-refractivity contribution in [3.8, 4) is 0 Å². The van der Waals surface area contributed by atoms with Crippen molar-refractivity contribution in [3.05, 3.63) is 27.8 Å². The van der Waals surface area contributed by atoms with Gasteiger partial charge >= 0.3 is 0 Å². The third-order valence-electron chi connectivity index (χ3n) is 1.69. The van der Waals surface area contributed by atoms with Crippen LogP contribution in [0.5, 0.6) is 0 Å². The van der Waals surface area contributed by atoms with Crippen LogP contribution in [-0.4, -0.2) is 21.7 Å². The van der Waals surface area contributed by atoms with Crippen LogP contribution >= 0.6 is 22.6 Å². The van der Waals surface area contributed by atoms with Gasteiger partial charge in [0.15, 0.2) is 0 Å². The van der Waals surface area contributed by atoms with Gasteiger partial charge in [-0.05, 0) is 34.7 Å². The first-order valence-corrected chi connectivity index (χ1v) is 6.54. The van der Waals surface area contributed by atoms with Crippen molar-refractivity contribution in [2.24, 2.45) is 0 Å². The van der Waals surface area contributed by atoms with E-state index in [-0.39, 0.29) is 0 Å². The molecule has 0 fully saturated rings. The van der Waals surface area contributed by atoms with Gasteiger partial charge in [-0.25, -0.2) is 8.42 Å². The third-order valence-corrected chi connectivity index (χ3v) is 3.79. The molecule has 0 saturated heterocycles. The number of hydrogen-bond donors (Lipinski definition) is 0. The molecule has 0 aromatic heterocycles. The summed E-state index contributed by atoms with van der Waals surface area (Å²) in [5, 5.41) is 0. The lowest BCUT2D eigenvalue weighted by Crippen LogP contribution is -2.25. The topological polar surface area (TPSA) is 37.4 Å². The molecule has 1 aromatic carbocycles. The molecule has 0 unspecified atom stereocenters. The van der Waals surface area contributed by atoms with Crippen molar-refractivity contribution in [2.45, 2.75) is 0 Å². The minimum atomic E-state index is -3.15. The maximum Gasteiger partial charge on any atom is 0.232 e. The van der Waals surface area contributed by atoms with Gasteiger partial charge in [-0.1, -0.05) is 12.1 Å². The number of sulfonamides is 1. The molecule has 5 heteroatoms. The Labute approximate surface area is 91.9 Å². The minimum absolute atomic E-state index is 0.714. The minimum Gasteiger partial charge on any atom is -0.272 e. The molecule has 0 heterocycles. The van der Waals surface area contributed by atoms with Gasteiger partial charge in [-0.15, -0.1) is 0 Å². The first-order chi connectivity index (χ1) is 5.93. The average molecular weight is 311 g/mol. The number of para-hydroxylation sites is 1. The highest BCUT2D eigenvalue weighted by Crippen LogP contribution is 2.22. The Bertz CT molecular complexity index is 402. The summed E-state index contributed by atoms with van der Waals surface area (Å²) in [6.45, 7) is 0. The lowest BCUT2D eigenvalue weighted by molar-refractivity contribution is 0.600. The summed E-state index contributed by atoms with van der Waals surface area (Å²) in [6.07, 6.45) is 1.19. The molecule has 0 radical (unpaired) electrons. The zero-order valence-electron chi connectivity index (χ0n) is 7.36. The highest BCUT2D eigenvalue weighted by molar-refractivity contribution is 14.1. The number of nitrogens with zero attached hydrogens (tertiary/aromatic N) is 1. The maximum absolute atomic E-state index is 11.2. The molecule has 13 heavy (non-hydrogen) atoms. The zero-order valence-corrected chi connectivity index (χ0v) is 10.3. The van der Waals surface area contributed by atoms with E-state index in [9.17, 15) is 8.42 Å². The average Bonchev–Trinajstić information content (AvgIpc) is 2.02. The van der Waals surface area contributed by atoms with Crippen molar-refractivity contribution in [1.29, 1.82) is 0 Å². The van der Waals surface area contributed by atoms with E-state index in [1.807, 2.05) is 18.2 Å². The summed E-state index contributed by atoms with van der Waals surface area (Å²) in [5.41, 5.74) is 0.714. The van der Waals surface area contributed by atoms with Crippen LogP contribution in [0.15, 0.2) is 24.3 Å². The van der Waals surface area contributed by atoms with Crippen LogP contribution in [0.25, 0.3) is 0 Å². The Morgan fingerprint density at radius 1 is 1.31 bits per heavy atom. The van der Waals surface area contributed by atoms with Crippen LogP contribution in [0, 0.1) is 3.57 Å². The smallest absolute Gasteiger partial charge is 0.232 e. The predicted molar refractivity (Wildman–Crippen MR) is 62.4 cm³/mol. The fourth-order valence-corrected chi connectivity index (χ4v) is 2.32. The Morgan fingerprint density at radius 3 is 2.31 bits per heavy atom. The number of hydrogen-bond acceptors (Lipinski definition) is 2. The fraction of sp³-hybridized carbons (Fsp3) is 0.250. The van der Waals surface area contributed by atoms with E-state index in [1.54, 1.807) is 13.1 Å². The van der Waals surface area contributed by atoms with E-state index in [1.165, 1.54) is 10.6 Å². The molecule has 0 saturated carbocycles. The summed E-state index contributed by atoms with van der Waals surface area (Å²) >= 11 is 2.11. The van der Waals surface area contributed by atoms with Crippen LogP contribution in [0.1, 0.15) is 0 Å². The number of anilines is 1. The van der Waals surface area contributed by atoms with E-state index < -0.39 is 10.0 Å². The Hall–Kier alpha value is -0.300. The number of benzene rings is 1. The molecule has 0 bridgehead atoms. The van der Waals surface area contributed by atoms with Crippen LogP contribution < -0.4 is 4.31 Å². The Kier molecular flexibility index (Phi) is 3.18. The fourth-order valence-electron chi connectivity index (χ4n) is 0.886. The molecule has 1 aromatic rings. The van der Waals surface area contributed by atoms with Gasteiger partial charge in [0.05, 0.1) is 11.9 Å². The molecule has 72 valence electrons. The lowest BCUT2D eigenvalue weighted by Gasteiger charge is -2.17. The van der Waals surface area contributed by atoms with Crippen LogP contribution in [-0.2, 0) is 10.0 Å². The summed E-state index contributed by atoms with van der Waals surface area (Å²) in [5.74, 6) is 0. The molecule has 0 N–H and O–H groups in total. The van der Waals surface area contributed by atoms with Crippen molar-refractivity contribution in [3.63, 3.8) is 0 Å². The molecule has 0 atom stereocenters. The molecule has 0 spiro atoms. The molecule has 3 nitrogen and oxygen atoms in total. The number of rotatable bonds is 2. The molecule has 0 aliphatic heterocycles. The normalized spacial score (nSPS) is 11.3. The first kappa shape index (κ1) is 10.8. The lowest BCUT2D eigenvalue weighted by atomic mass is 10.3. The van der Waals surface area contributed by atoms with E-state index in [2.05, 4.69) is 22.6 Å². The molecule has 0 amide bonds. The second-order valence-electron chi connectivity index (χ2n) is 2.68. The Balaban J connectivity index is 3.17. The molecular weight excluding hydrogens is 301 g/mol. The molecule has 0 aliphatic carbocycles. The van der Waals surface area contributed by atoms with Gasteiger partial charge in [0.25, 0.3) is 0 Å². The zero-order chi connectivity index (χ0) is 10.1. The van der Waals surface area contributed by atoms with Crippen LogP contribution in [0.4, 0.5) is 5.69 Å². The quantitative estimate of drug-likeness (QED) is 0.780. The van der Waals surface area contributed by atoms with E-state index in [4.69, 9.17) is 0 Å². The van der Waals surface area contributed by atoms with E-state index >= 15 is 0 Å². The van der Waals surface area contributed by atoms with Gasteiger partial charge in [-0.2, -0.15) is 0 Å². The summed E-state index contributed by atoms with van der Waals surface area (Å²) in [4.78, 5) is 0. The second-order valence-corrected chi connectivity index (χ2v) is 5.86. The Morgan fingerprint density at radius 2 is 1.85 bits per heavy atom. The molecule has 1 rings (SSSR count). The van der Waals surface area contributed by atoms with E-state index in [0.29, 0.717) is 5.69 Å². The van der Waals surface area contributed by atoms with Crippen molar-refractivity contribution >= 4 is 38.3 Å². The summed E-state index contributed by atoms with van der Waals surface area (Å²) < 4.78 is 24.6. The number of halogens is 1. The van der Waals surface area contributed by atoms with Crippen molar-refractivity contribution < 1.29 is 8.42 Å². The highest BCUT2D eigenvalue weighted by atomic mass is 127. The van der Waals surface area contributed by atoms with Gasteiger partial charge in [0.2, 0.25) is 10.0 Å². The predicted octanol–water partition coefficient (Wildman–Crippen LogP) is 1.69. The summed E-state index contributed by atoms with van der Waals surface area (Å²) in [7, 11) is -1.60. The van der Waals surface area contributed by atoms with Gasteiger partial charge in [0.1, 0.15) is 0 Å². The van der Waals surface area contributed by atoms with E-state index in [0.717, 1.165) is 3.57 Å². The standard InChI is InChI=1S/C8H10INO2S/c1-10(13(2,11)12)8-6-4-3-5-7(8)9/h3-6H,1-2H3. The van der Waals surface area contributed by atoms with Crippen LogP contribution in [0.2, 0.25) is 0 Å². The van der Waals surface area contributed by atoms with Gasteiger partial charge in [-0.3, -0.25) is 4.31 Å². The van der Waals surface area contributed by atoms with Gasteiger partial charge < -0.3 is 0 Å². The molecular formula is C8H10INO2S. The van der Waals surface area contributed by atoms with Crippen molar-refractivity contribution in [1.82, 2.24) is 0 Å².